The molecule has 1 nitrogen and oxygen atoms in total. The molecule has 1 aliphatic rings. The highest BCUT2D eigenvalue weighted by molar-refractivity contribution is 7.11. The van der Waals surface area contributed by atoms with E-state index in [4.69, 9.17) is 0 Å². The second kappa shape index (κ2) is 6.55. The molecule has 2 rings (SSSR count). The highest BCUT2D eigenvalue weighted by Gasteiger charge is 2.17. The largest absolute Gasteiger partial charge is 0.309 e. The van der Waals surface area contributed by atoms with Gasteiger partial charge in [0.15, 0.2) is 0 Å². The van der Waals surface area contributed by atoms with Crippen LogP contribution < -0.4 is 5.32 Å². The number of nitrogens with one attached hydrogen (secondary N) is 1. The zero-order valence-corrected chi connectivity index (χ0v) is 12.0. The Hall–Kier alpha value is -0.340. The molecule has 17 heavy (non-hydrogen) atoms. The fraction of sp³-hybridized carbons (Fsp3) is 0.733. The van der Waals surface area contributed by atoms with E-state index in [0.717, 1.165) is 18.5 Å². The van der Waals surface area contributed by atoms with Crippen LogP contribution in [0, 0.1) is 12.8 Å². The van der Waals surface area contributed by atoms with Crippen LogP contribution >= 0.6 is 11.3 Å². The third-order valence-electron chi connectivity index (χ3n) is 4.03. The van der Waals surface area contributed by atoms with Crippen LogP contribution in [0.5, 0.6) is 0 Å². The molecule has 2 unspecified atom stereocenters. The molecule has 0 aromatic carbocycles. The quantitative estimate of drug-likeness (QED) is 0.777. The Balaban J connectivity index is 1.75. The van der Waals surface area contributed by atoms with Crippen LogP contribution in [0.3, 0.4) is 0 Å². The summed E-state index contributed by atoms with van der Waals surface area (Å²) in [5.74, 6) is 0.991. The number of hydrogen-bond donors (Lipinski definition) is 1. The third-order valence-corrected chi connectivity index (χ3v) is 5.03. The van der Waals surface area contributed by atoms with Crippen molar-refractivity contribution in [2.45, 2.75) is 65.0 Å². The highest BCUT2D eigenvalue weighted by Crippen LogP contribution is 2.26. The van der Waals surface area contributed by atoms with Gasteiger partial charge in [0, 0.05) is 22.3 Å². The second-order valence-corrected chi connectivity index (χ2v) is 6.75. The van der Waals surface area contributed by atoms with Gasteiger partial charge >= 0.3 is 0 Å². The number of thiophene rings is 1. The van der Waals surface area contributed by atoms with Crippen molar-refractivity contribution < 1.29 is 0 Å². The minimum Gasteiger partial charge on any atom is -0.309 e. The van der Waals surface area contributed by atoms with Gasteiger partial charge in [-0.2, -0.15) is 0 Å². The predicted octanol–water partition coefficient (Wildman–Crippen LogP) is 4.51. The Morgan fingerprint density at radius 3 is 2.82 bits per heavy atom. The Labute approximate surface area is 110 Å². The Bertz CT molecular complexity index is 331. The molecule has 1 saturated carbocycles. The summed E-state index contributed by atoms with van der Waals surface area (Å²) >= 11 is 1.92. The fourth-order valence-electron chi connectivity index (χ4n) is 2.82. The van der Waals surface area contributed by atoms with E-state index >= 15 is 0 Å². The molecule has 1 aromatic rings. The molecule has 1 aliphatic carbocycles. The van der Waals surface area contributed by atoms with Gasteiger partial charge in [-0.3, -0.25) is 0 Å². The predicted molar refractivity (Wildman–Crippen MR) is 76.5 cm³/mol. The smallest absolute Gasteiger partial charge is 0.0302 e. The van der Waals surface area contributed by atoms with Gasteiger partial charge in [-0.1, -0.05) is 26.2 Å². The molecule has 1 aromatic heterocycles. The first kappa shape index (κ1) is 13.1. The highest BCUT2D eigenvalue weighted by atomic mass is 32.1. The molecule has 2 atom stereocenters. The Morgan fingerprint density at radius 1 is 1.24 bits per heavy atom. The average molecular weight is 251 g/mol. The summed E-state index contributed by atoms with van der Waals surface area (Å²) in [6.45, 7) is 5.60. The number of hydrogen-bond acceptors (Lipinski definition) is 2. The monoisotopic (exact) mass is 251 g/mol. The van der Waals surface area contributed by atoms with Gasteiger partial charge in [-0.15, -0.1) is 11.3 Å². The number of rotatable bonds is 4. The normalized spacial score (nSPS) is 25.8. The van der Waals surface area contributed by atoms with Gasteiger partial charge in [0.25, 0.3) is 0 Å². The van der Waals surface area contributed by atoms with Gasteiger partial charge < -0.3 is 5.32 Å². The first-order valence-corrected chi connectivity index (χ1v) is 7.88. The summed E-state index contributed by atoms with van der Waals surface area (Å²) < 4.78 is 0. The zero-order chi connectivity index (χ0) is 12.1. The van der Waals surface area contributed by atoms with E-state index in [-0.39, 0.29) is 0 Å². The maximum Gasteiger partial charge on any atom is 0.0302 e. The standard InChI is InChI=1S/C15H25NS/c1-3-13-5-4-6-14(9-8-13)16-11-15-10-7-12(2)17-15/h7,10,13-14,16H,3-6,8-9,11H2,1-2H3. The lowest BCUT2D eigenvalue weighted by atomic mass is 9.98. The second-order valence-electron chi connectivity index (χ2n) is 5.37. The van der Waals surface area contributed by atoms with E-state index in [1.165, 1.54) is 48.3 Å². The van der Waals surface area contributed by atoms with E-state index in [0.29, 0.717) is 0 Å². The van der Waals surface area contributed by atoms with Gasteiger partial charge in [0.05, 0.1) is 0 Å². The van der Waals surface area contributed by atoms with Crippen LogP contribution in [0.4, 0.5) is 0 Å². The van der Waals surface area contributed by atoms with Gasteiger partial charge in [-0.05, 0) is 44.2 Å². The maximum atomic E-state index is 3.75. The SMILES string of the molecule is CCC1CCCC(NCc2ccc(C)s2)CC1. The van der Waals surface area contributed by atoms with Crippen molar-refractivity contribution in [2.75, 3.05) is 0 Å². The summed E-state index contributed by atoms with van der Waals surface area (Å²) in [4.78, 5) is 2.91. The van der Waals surface area contributed by atoms with Crippen molar-refractivity contribution in [3.63, 3.8) is 0 Å². The first-order valence-electron chi connectivity index (χ1n) is 7.06. The zero-order valence-electron chi connectivity index (χ0n) is 11.2. The summed E-state index contributed by atoms with van der Waals surface area (Å²) in [7, 11) is 0. The third kappa shape index (κ3) is 4.11. The van der Waals surface area contributed by atoms with Gasteiger partial charge in [-0.25, -0.2) is 0 Å². The lowest BCUT2D eigenvalue weighted by Gasteiger charge is -2.16. The molecule has 2 heteroatoms. The first-order chi connectivity index (χ1) is 8.28. The molecule has 1 fully saturated rings. The van der Waals surface area contributed by atoms with E-state index in [1.807, 2.05) is 11.3 Å². The fourth-order valence-corrected chi connectivity index (χ4v) is 3.66. The van der Waals surface area contributed by atoms with Gasteiger partial charge in [0.1, 0.15) is 0 Å². The molecule has 0 spiro atoms. The molecule has 1 heterocycles. The van der Waals surface area contributed by atoms with Crippen LogP contribution in [-0.2, 0) is 6.54 Å². The lowest BCUT2D eigenvalue weighted by Crippen LogP contribution is -2.27. The van der Waals surface area contributed by atoms with Gasteiger partial charge in [0.2, 0.25) is 0 Å². The summed E-state index contributed by atoms with van der Waals surface area (Å²) in [5.41, 5.74) is 0. The molecular formula is C15H25NS. The summed E-state index contributed by atoms with van der Waals surface area (Å²) in [5, 5.41) is 3.75. The maximum absolute atomic E-state index is 3.75. The molecule has 0 radical (unpaired) electrons. The van der Waals surface area contributed by atoms with Crippen LogP contribution in [0.2, 0.25) is 0 Å². The van der Waals surface area contributed by atoms with Crippen molar-refractivity contribution in [3.8, 4) is 0 Å². The molecule has 0 amide bonds. The summed E-state index contributed by atoms with van der Waals surface area (Å²) in [6, 6.07) is 5.24. The molecule has 96 valence electrons. The van der Waals surface area contributed by atoms with E-state index in [2.05, 4.69) is 31.3 Å². The topological polar surface area (TPSA) is 12.0 Å². The lowest BCUT2D eigenvalue weighted by molar-refractivity contribution is 0.426. The minimum atomic E-state index is 0.758. The Kier molecular flexibility index (Phi) is 5.05. The van der Waals surface area contributed by atoms with Crippen LogP contribution in [0.25, 0.3) is 0 Å². The van der Waals surface area contributed by atoms with Crippen LogP contribution in [0.15, 0.2) is 12.1 Å². The number of aryl methyl sites for hydroxylation is 1. The molecule has 0 bridgehead atoms. The van der Waals surface area contributed by atoms with E-state index in [9.17, 15) is 0 Å². The minimum absolute atomic E-state index is 0.758. The average Bonchev–Trinajstić information content (AvgIpc) is 2.63. The molecular weight excluding hydrogens is 226 g/mol. The molecule has 0 aliphatic heterocycles. The van der Waals surface area contributed by atoms with E-state index < -0.39 is 0 Å². The van der Waals surface area contributed by atoms with Crippen LogP contribution in [-0.4, -0.2) is 6.04 Å². The van der Waals surface area contributed by atoms with Crippen molar-refractivity contribution >= 4 is 11.3 Å². The van der Waals surface area contributed by atoms with E-state index in [1.54, 1.807) is 0 Å². The molecule has 0 saturated heterocycles. The summed E-state index contributed by atoms with van der Waals surface area (Å²) in [6.07, 6.45) is 8.42. The van der Waals surface area contributed by atoms with Crippen molar-refractivity contribution in [1.82, 2.24) is 5.32 Å². The van der Waals surface area contributed by atoms with Crippen molar-refractivity contribution in [1.29, 1.82) is 0 Å². The van der Waals surface area contributed by atoms with Crippen molar-refractivity contribution in [3.05, 3.63) is 21.9 Å². The van der Waals surface area contributed by atoms with Crippen LogP contribution in [0.1, 0.15) is 55.2 Å². The molecule has 1 N–H and O–H groups in total. The van der Waals surface area contributed by atoms with Crippen molar-refractivity contribution in [2.24, 2.45) is 5.92 Å². The Morgan fingerprint density at radius 2 is 2.12 bits per heavy atom.